The van der Waals surface area contributed by atoms with Gasteiger partial charge in [-0.25, -0.2) is 0 Å². The first kappa shape index (κ1) is 34.5. The molecule has 206 valence electrons. The molecule has 4 nitrogen and oxygen atoms in total. The van der Waals surface area contributed by atoms with Gasteiger partial charge in [0, 0.05) is 5.97 Å². The third-order valence-electron chi connectivity index (χ3n) is 12.2. The Hall–Kier alpha value is 0.295. The molecule has 0 unspecified atom stereocenters. The van der Waals surface area contributed by atoms with Crippen LogP contribution in [0, 0.1) is 59.2 Å². The summed E-state index contributed by atoms with van der Waals surface area (Å²) in [6, 6.07) is 0. The summed E-state index contributed by atoms with van der Waals surface area (Å²) in [6.45, 7) is 0. The van der Waals surface area contributed by atoms with Gasteiger partial charge in [0.2, 0.25) is 0 Å². The van der Waals surface area contributed by atoms with Crippen LogP contribution in [0.3, 0.4) is 0 Å². The molecular formula is C32H51Li2O4-. The summed E-state index contributed by atoms with van der Waals surface area (Å²) >= 11 is 0. The average molecular weight is 514 g/mol. The zero-order valence-corrected chi connectivity index (χ0v) is 24.6. The smallest absolute Gasteiger partial charge is 0.870 e. The van der Waals surface area contributed by atoms with Gasteiger partial charge < -0.3 is 20.2 Å². The second-order valence-corrected chi connectivity index (χ2v) is 13.7. The molecule has 5 fully saturated rings. The summed E-state index contributed by atoms with van der Waals surface area (Å²) in [7, 11) is 0. The standard InChI is InChI=1S/C32H51O3.2Li.H2O/c33-21-22-1-3-23(4-2-22)24-5-7-25(8-6-24)26-9-11-27(12-10-26)28-13-15-29(16-14-28)30-17-19-31(20-18-30)32(34)35;;;/h22-31H,1-20H2,(H,34,35);;;1H2/q-1;2*+1;/p-2. The molecule has 5 aliphatic carbocycles. The van der Waals surface area contributed by atoms with E-state index < -0.39 is 5.97 Å². The zero-order chi connectivity index (χ0) is 24.2. The van der Waals surface area contributed by atoms with Crippen molar-refractivity contribution in [2.75, 3.05) is 0 Å². The minimum Gasteiger partial charge on any atom is -0.870 e. The minimum absolute atomic E-state index is 0. The second-order valence-electron chi connectivity index (χ2n) is 13.7. The van der Waals surface area contributed by atoms with E-state index in [1.165, 1.54) is 89.9 Å². The van der Waals surface area contributed by atoms with Gasteiger partial charge in [-0.15, -0.1) is 5.92 Å². The van der Waals surface area contributed by atoms with Crippen molar-refractivity contribution in [3.8, 4) is 0 Å². The maximum atomic E-state index is 11.2. The Kier molecular flexibility index (Phi) is 15.1. The maximum absolute atomic E-state index is 11.2. The first-order valence-electron chi connectivity index (χ1n) is 15.7. The van der Waals surface area contributed by atoms with Crippen molar-refractivity contribution in [1.82, 2.24) is 0 Å². The Balaban J connectivity index is 0.00000169. The van der Waals surface area contributed by atoms with Crippen LogP contribution in [0.1, 0.15) is 128 Å². The Morgan fingerprint density at radius 3 is 0.868 bits per heavy atom. The average Bonchev–Trinajstić information content (AvgIpc) is 2.93. The fraction of sp³-hybridized carbons (Fsp3) is 0.938. The van der Waals surface area contributed by atoms with Crippen LogP contribution in [0.4, 0.5) is 0 Å². The molecule has 0 aliphatic heterocycles. The van der Waals surface area contributed by atoms with Gasteiger partial charge in [0.25, 0.3) is 0 Å². The summed E-state index contributed by atoms with van der Waals surface area (Å²) < 4.78 is 0. The fourth-order valence-corrected chi connectivity index (χ4v) is 9.80. The molecule has 0 spiro atoms. The molecule has 0 heterocycles. The summed E-state index contributed by atoms with van der Waals surface area (Å²) in [4.78, 5) is 22.1. The van der Waals surface area contributed by atoms with Gasteiger partial charge in [0.15, 0.2) is 0 Å². The van der Waals surface area contributed by atoms with E-state index in [4.69, 9.17) is 0 Å². The van der Waals surface area contributed by atoms with Gasteiger partial charge in [-0.2, -0.15) is 0 Å². The van der Waals surface area contributed by atoms with Crippen molar-refractivity contribution in [2.24, 2.45) is 59.2 Å². The molecule has 0 aromatic rings. The van der Waals surface area contributed by atoms with Crippen molar-refractivity contribution < 1.29 is 57.9 Å². The summed E-state index contributed by atoms with van der Waals surface area (Å²) in [5, 5.41) is 11.2. The van der Waals surface area contributed by atoms with Crippen LogP contribution in [-0.4, -0.2) is 17.7 Å². The largest absolute Gasteiger partial charge is 1.00 e. The monoisotopic (exact) mass is 513 g/mol. The topological polar surface area (TPSA) is 87.2 Å². The molecule has 0 aromatic carbocycles. The molecule has 5 rings (SSSR count). The SMILES string of the molecule is O=[C-]C1CCC(C2CCC(C3CCC(C4CCC(C5CCC(C(=O)[O-])CC5)CC4)CC3)CC2)CC1.[Li+].[Li+].[OH-]. The molecule has 0 aromatic heterocycles. The van der Waals surface area contributed by atoms with E-state index in [1.807, 2.05) is 0 Å². The number of rotatable bonds is 6. The van der Waals surface area contributed by atoms with Crippen LogP contribution in [0.25, 0.3) is 0 Å². The van der Waals surface area contributed by atoms with Crippen LogP contribution in [0.2, 0.25) is 0 Å². The Bertz CT molecular complexity index is 678. The van der Waals surface area contributed by atoms with Crippen molar-refractivity contribution in [1.29, 1.82) is 0 Å². The molecular weight excluding hydrogens is 462 g/mol. The molecule has 0 atom stereocenters. The van der Waals surface area contributed by atoms with Crippen LogP contribution >= 0.6 is 0 Å². The Morgan fingerprint density at radius 2 is 0.658 bits per heavy atom. The normalized spacial score (nSPS) is 41.9. The Labute approximate surface area is 256 Å². The molecule has 5 saturated carbocycles. The van der Waals surface area contributed by atoms with E-state index in [1.54, 1.807) is 0 Å². The van der Waals surface area contributed by atoms with Crippen LogP contribution in [0.15, 0.2) is 0 Å². The molecule has 6 heteroatoms. The van der Waals surface area contributed by atoms with Crippen molar-refractivity contribution in [3.63, 3.8) is 0 Å². The first-order valence-corrected chi connectivity index (χ1v) is 15.7. The molecule has 0 saturated heterocycles. The summed E-state index contributed by atoms with van der Waals surface area (Å²) in [6.07, 6.45) is 28.5. The Morgan fingerprint density at radius 1 is 0.447 bits per heavy atom. The van der Waals surface area contributed by atoms with Crippen LogP contribution < -0.4 is 42.8 Å². The molecule has 1 N–H and O–H groups in total. The molecule has 38 heavy (non-hydrogen) atoms. The number of carbonyl (C=O) groups excluding carboxylic acids is 2. The van der Waals surface area contributed by atoms with Crippen LogP contribution in [0.5, 0.6) is 0 Å². The second kappa shape index (κ2) is 16.7. The number of carboxylic acid groups (broad SMARTS) is 1. The van der Waals surface area contributed by atoms with Gasteiger partial charge in [-0.3, -0.25) is 6.29 Å². The third kappa shape index (κ3) is 8.65. The van der Waals surface area contributed by atoms with Crippen molar-refractivity contribution in [3.05, 3.63) is 0 Å². The minimum atomic E-state index is -0.812. The van der Waals surface area contributed by atoms with Gasteiger partial charge in [0.05, 0.1) is 0 Å². The van der Waals surface area contributed by atoms with Gasteiger partial charge in [-0.1, -0.05) is 25.7 Å². The number of carboxylic acids is 1. The first-order chi connectivity index (χ1) is 17.1. The van der Waals surface area contributed by atoms with Gasteiger partial charge >= 0.3 is 37.7 Å². The molecule has 0 radical (unpaired) electrons. The quantitative estimate of drug-likeness (QED) is 0.387. The predicted octanol–water partition coefficient (Wildman–Crippen LogP) is 0.709. The molecule has 0 amide bonds. The molecule has 0 bridgehead atoms. The maximum Gasteiger partial charge on any atom is 1.00 e. The van der Waals surface area contributed by atoms with E-state index in [9.17, 15) is 14.7 Å². The zero-order valence-electron chi connectivity index (χ0n) is 24.6. The number of aliphatic carboxylic acids is 1. The fourth-order valence-electron chi connectivity index (χ4n) is 9.80. The summed E-state index contributed by atoms with van der Waals surface area (Å²) in [5.74, 6) is 6.72. The van der Waals surface area contributed by atoms with Gasteiger partial charge in [0.1, 0.15) is 0 Å². The van der Waals surface area contributed by atoms with E-state index >= 15 is 0 Å². The number of hydrogen-bond acceptors (Lipinski definition) is 4. The van der Waals surface area contributed by atoms with Crippen molar-refractivity contribution >= 4 is 12.3 Å². The number of carbonyl (C=O) groups is 1. The van der Waals surface area contributed by atoms with E-state index in [-0.39, 0.29) is 55.0 Å². The van der Waals surface area contributed by atoms with E-state index in [2.05, 4.69) is 6.29 Å². The summed E-state index contributed by atoms with van der Waals surface area (Å²) in [5.41, 5.74) is 0. The molecule has 5 aliphatic rings. The predicted molar refractivity (Wildman–Crippen MR) is 140 cm³/mol. The van der Waals surface area contributed by atoms with E-state index in [0.29, 0.717) is 0 Å². The van der Waals surface area contributed by atoms with Crippen molar-refractivity contribution in [2.45, 2.75) is 128 Å². The van der Waals surface area contributed by atoms with Crippen LogP contribution in [-0.2, 0) is 9.59 Å². The number of hydrogen-bond donors (Lipinski definition) is 0. The van der Waals surface area contributed by atoms with E-state index in [0.717, 1.165) is 85.9 Å². The third-order valence-corrected chi connectivity index (χ3v) is 12.2. The van der Waals surface area contributed by atoms with Gasteiger partial charge in [-0.05, 0) is 156 Å².